The molecule has 102 valence electrons. The third kappa shape index (κ3) is 2.07. The van der Waals surface area contributed by atoms with E-state index in [2.05, 4.69) is 66.7 Å². The van der Waals surface area contributed by atoms with E-state index in [1.807, 2.05) is 0 Å². The molecule has 4 aromatic carbocycles. The maximum absolute atomic E-state index is 9.08. The van der Waals surface area contributed by atoms with E-state index in [1.54, 1.807) is 0 Å². The Kier molecular flexibility index (Phi) is 2.87. The van der Waals surface area contributed by atoms with Crippen molar-refractivity contribution in [2.24, 2.45) is 0 Å². The molecule has 0 aliphatic heterocycles. The first-order valence-electron chi connectivity index (χ1n) is 7.30. The maximum atomic E-state index is 9.08. The first-order valence-corrected chi connectivity index (χ1v) is 7.30. The Labute approximate surface area is 123 Å². The van der Waals surface area contributed by atoms with Crippen LogP contribution in [0.25, 0.3) is 32.3 Å². The van der Waals surface area contributed by atoms with Crippen molar-refractivity contribution in [3.63, 3.8) is 0 Å². The molecule has 0 aliphatic carbocycles. The normalized spacial score (nSPS) is 11.5. The Balaban J connectivity index is 2.05. The monoisotopic (exact) mass is 272 g/mol. The lowest BCUT2D eigenvalue weighted by Crippen LogP contribution is -1.90. The average molecular weight is 272 g/mol. The van der Waals surface area contributed by atoms with Crippen LogP contribution >= 0.6 is 0 Å². The molecule has 0 aliphatic rings. The van der Waals surface area contributed by atoms with Gasteiger partial charge in [-0.3, -0.25) is 0 Å². The molecule has 0 amide bonds. The Bertz CT molecular complexity index is 954. The zero-order valence-electron chi connectivity index (χ0n) is 11.7. The highest BCUT2D eigenvalue weighted by Gasteiger charge is 2.03. The van der Waals surface area contributed by atoms with Gasteiger partial charge in [-0.15, -0.1) is 0 Å². The smallest absolute Gasteiger partial charge is 0.0471 e. The minimum Gasteiger partial charge on any atom is -0.396 e. The maximum Gasteiger partial charge on any atom is 0.0471 e. The van der Waals surface area contributed by atoms with Crippen molar-refractivity contribution in [1.29, 1.82) is 0 Å². The van der Waals surface area contributed by atoms with E-state index in [9.17, 15) is 0 Å². The number of aliphatic hydroxyl groups excluding tert-OH is 1. The zero-order chi connectivity index (χ0) is 14.2. The topological polar surface area (TPSA) is 20.2 Å². The lowest BCUT2D eigenvalue weighted by Gasteiger charge is -2.08. The zero-order valence-corrected chi connectivity index (χ0v) is 11.7. The van der Waals surface area contributed by atoms with Crippen LogP contribution in [0.15, 0.2) is 66.7 Å². The van der Waals surface area contributed by atoms with Gasteiger partial charge in [0.05, 0.1) is 0 Å². The summed E-state index contributed by atoms with van der Waals surface area (Å²) in [5.41, 5.74) is 1.19. The number of fused-ring (bicyclic) bond motifs is 4. The lowest BCUT2D eigenvalue weighted by atomic mass is 9.97. The van der Waals surface area contributed by atoms with E-state index < -0.39 is 0 Å². The van der Waals surface area contributed by atoms with Crippen LogP contribution in [0.3, 0.4) is 0 Å². The van der Waals surface area contributed by atoms with Gasteiger partial charge in [0.25, 0.3) is 0 Å². The van der Waals surface area contributed by atoms with Gasteiger partial charge >= 0.3 is 0 Å². The number of benzene rings is 4. The molecule has 0 atom stereocenters. The molecule has 0 saturated carbocycles. The molecule has 1 N–H and O–H groups in total. The fraction of sp³-hybridized carbons (Fsp3) is 0.100. The van der Waals surface area contributed by atoms with Crippen molar-refractivity contribution < 1.29 is 5.11 Å². The van der Waals surface area contributed by atoms with E-state index in [0.29, 0.717) is 6.42 Å². The van der Waals surface area contributed by atoms with Gasteiger partial charge in [0.1, 0.15) is 0 Å². The third-order valence-corrected chi connectivity index (χ3v) is 4.17. The first-order chi connectivity index (χ1) is 10.3. The summed E-state index contributed by atoms with van der Waals surface area (Å²) in [7, 11) is 0. The lowest BCUT2D eigenvalue weighted by molar-refractivity contribution is 0.299. The molecule has 0 fully saturated rings. The molecular weight excluding hydrogens is 256 g/mol. The molecule has 0 bridgehead atoms. The van der Waals surface area contributed by atoms with Gasteiger partial charge in [-0.1, -0.05) is 54.6 Å². The van der Waals surface area contributed by atoms with Crippen LogP contribution in [-0.4, -0.2) is 11.7 Å². The second-order valence-corrected chi connectivity index (χ2v) is 5.52. The van der Waals surface area contributed by atoms with Crippen LogP contribution < -0.4 is 0 Å². The van der Waals surface area contributed by atoms with E-state index >= 15 is 0 Å². The predicted molar refractivity (Wildman–Crippen MR) is 89.7 cm³/mol. The van der Waals surface area contributed by atoms with Gasteiger partial charge in [-0.05, 0) is 56.4 Å². The Morgan fingerprint density at radius 2 is 1.43 bits per heavy atom. The predicted octanol–water partition coefficient (Wildman–Crippen LogP) is 4.68. The summed E-state index contributed by atoms with van der Waals surface area (Å²) >= 11 is 0. The molecule has 4 aromatic rings. The van der Waals surface area contributed by atoms with Crippen molar-refractivity contribution >= 4 is 32.3 Å². The van der Waals surface area contributed by atoms with E-state index in [1.165, 1.54) is 37.9 Å². The van der Waals surface area contributed by atoms with Gasteiger partial charge < -0.3 is 5.11 Å². The molecule has 1 heteroatoms. The Hall–Kier alpha value is -2.38. The molecule has 0 heterocycles. The summed E-state index contributed by atoms with van der Waals surface area (Å²) in [5.74, 6) is 0. The highest BCUT2D eigenvalue weighted by atomic mass is 16.2. The number of hydrogen-bond acceptors (Lipinski definition) is 1. The number of aliphatic hydroxyl groups is 1. The van der Waals surface area contributed by atoms with Crippen LogP contribution in [-0.2, 0) is 6.42 Å². The molecule has 0 spiro atoms. The van der Waals surface area contributed by atoms with E-state index in [4.69, 9.17) is 5.11 Å². The van der Waals surface area contributed by atoms with Crippen molar-refractivity contribution in [3.8, 4) is 0 Å². The number of rotatable bonds is 2. The van der Waals surface area contributed by atoms with Crippen molar-refractivity contribution in [1.82, 2.24) is 0 Å². The highest BCUT2D eigenvalue weighted by molar-refractivity contribution is 6.12. The van der Waals surface area contributed by atoms with Crippen molar-refractivity contribution in [2.75, 3.05) is 6.61 Å². The molecule has 1 nitrogen and oxygen atoms in total. The summed E-state index contributed by atoms with van der Waals surface area (Å²) in [4.78, 5) is 0. The van der Waals surface area contributed by atoms with Crippen LogP contribution in [0.1, 0.15) is 5.56 Å². The number of hydrogen-bond donors (Lipinski definition) is 1. The van der Waals surface area contributed by atoms with Gasteiger partial charge in [-0.2, -0.15) is 0 Å². The van der Waals surface area contributed by atoms with Crippen LogP contribution in [0.4, 0.5) is 0 Å². The van der Waals surface area contributed by atoms with Crippen LogP contribution in [0.5, 0.6) is 0 Å². The van der Waals surface area contributed by atoms with Crippen molar-refractivity contribution in [3.05, 3.63) is 72.3 Å². The Morgan fingerprint density at radius 3 is 2.33 bits per heavy atom. The average Bonchev–Trinajstić information content (AvgIpc) is 2.53. The van der Waals surface area contributed by atoms with Gasteiger partial charge in [0.2, 0.25) is 0 Å². The molecule has 0 saturated heterocycles. The summed E-state index contributed by atoms with van der Waals surface area (Å²) in [6.45, 7) is 0.198. The van der Waals surface area contributed by atoms with Crippen LogP contribution in [0.2, 0.25) is 0 Å². The molecular formula is C20H16O. The second-order valence-electron chi connectivity index (χ2n) is 5.52. The molecule has 21 heavy (non-hydrogen) atoms. The van der Waals surface area contributed by atoms with Crippen molar-refractivity contribution in [2.45, 2.75) is 6.42 Å². The minimum absolute atomic E-state index is 0.198. The molecule has 0 radical (unpaired) electrons. The fourth-order valence-electron chi connectivity index (χ4n) is 3.09. The summed E-state index contributed by atoms with van der Waals surface area (Å²) in [6.07, 6.45) is 0.714. The fourth-order valence-corrected chi connectivity index (χ4v) is 3.09. The quantitative estimate of drug-likeness (QED) is 0.415. The van der Waals surface area contributed by atoms with Gasteiger partial charge in [-0.25, -0.2) is 0 Å². The first kappa shape index (κ1) is 12.4. The van der Waals surface area contributed by atoms with Gasteiger partial charge in [0, 0.05) is 6.61 Å². The standard InChI is InChI=1S/C20H16O/c21-10-9-14-5-6-16-13-20-17(12-18(16)11-14)8-7-15-3-1-2-4-19(15)20/h1-8,11-13,21H,9-10H2. The van der Waals surface area contributed by atoms with E-state index in [0.717, 1.165) is 0 Å². The summed E-state index contributed by atoms with van der Waals surface area (Å²) < 4.78 is 0. The minimum atomic E-state index is 0.198. The second kappa shape index (κ2) is 4.87. The SMILES string of the molecule is OCCc1ccc2cc3c(ccc4ccccc43)cc2c1. The molecule has 4 rings (SSSR count). The van der Waals surface area contributed by atoms with Gasteiger partial charge in [0.15, 0.2) is 0 Å². The summed E-state index contributed by atoms with van der Waals surface area (Å²) in [6, 6.07) is 23.8. The third-order valence-electron chi connectivity index (χ3n) is 4.17. The molecule has 0 unspecified atom stereocenters. The van der Waals surface area contributed by atoms with E-state index in [-0.39, 0.29) is 6.61 Å². The Morgan fingerprint density at radius 1 is 0.619 bits per heavy atom. The summed E-state index contributed by atoms with van der Waals surface area (Å²) in [5, 5.41) is 16.7. The molecule has 0 aromatic heterocycles. The highest BCUT2D eigenvalue weighted by Crippen LogP contribution is 2.29. The van der Waals surface area contributed by atoms with Crippen LogP contribution in [0, 0.1) is 0 Å². The largest absolute Gasteiger partial charge is 0.396 e.